The molecule has 1 fully saturated rings. The smallest absolute Gasteiger partial charge is 0.162 e. The number of ether oxygens (including phenoxy) is 2. The molecule has 0 saturated carbocycles. The fraction of sp³-hybridized carbons (Fsp3) is 0.769. The fourth-order valence-corrected chi connectivity index (χ4v) is 1.58. The second-order valence-corrected chi connectivity index (χ2v) is 4.73. The minimum atomic E-state index is -0.537. The molecule has 1 saturated heterocycles. The van der Waals surface area contributed by atoms with Gasteiger partial charge in [0.05, 0.1) is 13.2 Å². The first-order valence-corrected chi connectivity index (χ1v) is 5.71. The van der Waals surface area contributed by atoms with E-state index in [4.69, 9.17) is 9.47 Å². The van der Waals surface area contributed by atoms with Gasteiger partial charge in [0.2, 0.25) is 0 Å². The van der Waals surface area contributed by atoms with Crippen molar-refractivity contribution in [1.29, 1.82) is 0 Å². The van der Waals surface area contributed by atoms with Gasteiger partial charge >= 0.3 is 0 Å². The molecule has 0 amide bonds. The van der Waals surface area contributed by atoms with Crippen molar-refractivity contribution in [1.82, 2.24) is 0 Å². The maximum Gasteiger partial charge on any atom is 0.162 e. The molecule has 0 aliphatic carbocycles. The Bertz CT molecular complexity index is 286. The van der Waals surface area contributed by atoms with Crippen LogP contribution in [-0.4, -0.2) is 25.3 Å². The summed E-state index contributed by atoms with van der Waals surface area (Å²) in [5.74, 6) is 5.57. The molecule has 0 unspecified atom stereocenters. The van der Waals surface area contributed by atoms with Crippen molar-refractivity contribution in [3.8, 4) is 11.8 Å². The van der Waals surface area contributed by atoms with Crippen molar-refractivity contribution in [2.24, 2.45) is 5.41 Å². The molecule has 0 aromatic carbocycles. The van der Waals surface area contributed by atoms with E-state index in [0.717, 1.165) is 12.7 Å². The van der Waals surface area contributed by atoms with Crippen LogP contribution in [0.1, 0.15) is 40.0 Å². The molecular weight excluding hydrogens is 204 g/mol. The van der Waals surface area contributed by atoms with Crippen LogP contribution in [0.2, 0.25) is 0 Å². The van der Waals surface area contributed by atoms with Crippen LogP contribution in [0, 0.1) is 17.3 Å². The van der Waals surface area contributed by atoms with Crippen molar-refractivity contribution < 1.29 is 14.3 Å². The van der Waals surface area contributed by atoms with Crippen molar-refractivity contribution >= 4 is 6.29 Å². The molecular formula is C13H20O3. The Morgan fingerprint density at radius 1 is 1.25 bits per heavy atom. The highest BCUT2D eigenvalue weighted by Crippen LogP contribution is 2.34. The van der Waals surface area contributed by atoms with Gasteiger partial charge in [-0.1, -0.05) is 6.92 Å². The van der Waals surface area contributed by atoms with E-state index >= 15 is 0 Å². The number of hydrogen-bond donors (Lipinski definition) is 0. The van der Waals surface area contributed by atoms with E-state index in [1.54, 1.807) is 0 Å². The van der Waals surface area contributed by atoms with E-state index in [1.807, 2.05) is 20.8 Å². The fourth-order valence-electron chi connectivity index (χ4n) is 1.58. The predicted molar refractivity (Wildman–Crippen MR) is 61.8 cm³/mol. The maximum absolute atomic E-state index is 10.7. The molecule has 3 heteroatoms. The summed E-state index contributed by atoms with van der Waals surface area (Å²) in [6.45, 7) is 6.86. The van der Waals surface area contributed by atoms with Crippen LogP contribution in [0.3, 0.4) is 0 Å². The molecule has 0 aromatic rings. The SMILES string of the molecule is CCC#CCC1(CC=O)COC(C)(C)OC1. The Hall–Kier alpha value is -0.850. The van der Waals surface area contributed by atoms with Crippen molar-refractivity contribution in [3.05, 3.63) is 0 Å². The average Bonchev–Trinajstić information content (AvgIpc) is 2.24. The average molecular weight is 224 g/mol. The Balaban J connectivity index is 2.64. The summed E-state index contributed by atoms with van der Waals surface area (Å²) < 4.78 is 11.2. The van der Waals surface area contributed by atoms with Crippen molar-refractivity contribution in [2.75, 3.05) is 13.2 Å². The van der Waals surface area contributed by atoms with E-state index < -0.39 is 5.79 Å². The van der Waals surface area contributed by atoms with Crippen molar-refractivity contribution in [2.45, 2.75) is 45.8 Å². The molecule has 1 heterocycles. The Labute approximate surface area is 97.5 Å². The van der Waals surface area contributed by atoms with Gasteiger partial charge in [0.15, 0.2) is 5.79 Å². The minimum Gasteiger partial charge on any atom is -0.350 e. The summed E-state index contributed by atoms with van der Waals surface area (Å²) in [5.41, 5.74) is -0.251. The lowest BCUT2D eigenvalue weighted by Gasteiger charge is -2.41. The van der Waals surface area contributed by atoms with E-state index in [2.05, 4.69) is 11.8 Å². The molecule has 90 valence electrons. The molecule has 16 heavy (non-hydrogen) atoms. The van der Waals surface area contributed by atoms with Gasteiger partial charge in [-0.2, -0.15) is 0 Å². The summed E-state index contributed by atoms with van der Waals surface area (Å²) in [4.78, 5) is 10.7. The number of aldehydes is 1. The molecule has 0 atom stereocenters. The molecule has 0 radical (unpaired) electrons. The Morgan fingerprint density at radius 2 is 1.88 bits per heavy atom. The third-order valence-corrected chi connectivity index (χ3v) is 2.73. The van der Waals surface area contributed by atoms with E-state index in [9.17, 15) is 4.79 Å². The van der Waals surface area contributed by atoms with Gasteiger partial charge < -0.3 is 14.3 Å². The van der Waals surface area contributed by atoms with Gasteiger partial charge in [0, 0.05) is 24.7 Å². The first kappa shape index (κ1) is 13.2. The van der Waals surface area contributed by atoms with E-state index in [1.165, 1.54) is 0 Å². The van der Waals surface area contributed by atoms with Crippen LogP contribution in [0.15, 0.2) is 0 Å². The van der Waals surface area contributed by atoms with E-state index in [-0.39, 0.29) is 5.41 Å². The molecule has 0 bridgehead atoms. The molecule has 0 aromatic heterocycles. The third kappa shape index (κ3) is 3.62. The summed E-state index contributed by atoms with van der Waals surface area (Å²) in [6.07, 6.45) is 2.88. The van der Waals surface area contributed by atoms with Gasteiger partial charge in [-0.3, -0.25) is 0 Å². The van der Waals surface area contributed by atoms with Gasteiger partial charge in [-0.25, -0.2) is 0 Å². The normalized spacial score (nSPS) is 21.9. The van der Waals surface area contributed by atoms with Crippen LogP contribution in [0.25, 0.3) is 0 Å². The molecule has 1 aliphatic rings. The molecule has 1 aliphatic heterocycles. The van der Waals surface area contributed by atoms with Gasteiger partial charge in [0.25, 0.3) is 0 Å². The van der Waals surface area contributed by atoms with Gasteiger partial charge in [-0.05, 0) is 13.8 Å². The highest BCUT2D eigenvalue weighted by atomic mass is 16.7. The van der Waals surface area contributed by atoms with Gasteiger partial charge in [0.1, 0.15) is 6.29 Å². The maximum atomic E-state index is 10.7. The summed E-state index contributed by atoms with van der Waals surface area (Å²) in [6, 6.07) is 0. The predicted octanol–water partition coefficient (Wildman–Crippen LogP) is 2.15. The Kier molecular flexibility index (Phi) is 4.52. The highest BCUT2D eigenvalue weighted by Gasteiger charge is 2.39. The van der Waals surface area contributed by atoms with Crippen molar-refractivity contribution in [3.63, 3.8) is 0 Å². The number of carbonyl (C=O) groups excluding carboxylic acids is 1. The van der Waals surface area contributed by atoms with Crippen LogP contribution in [0.5, 0.6) is 0 Å². The standard InChI is InChI=1S/C13H20O3/c1-4-5-6-7-13(8-9-14)10-15-12(2,3)16-11-13/h9H,4,7-8,10-11H2,1-3H3. The topological polar surface area (TPSA) is 35.5 Å². The van der Waals surface area contributed by atoms with Crippen LogP contribution < -0.4 is 0 Å². The zero-order valence-corrected chi connectivity index (χ0v) is 10.3. The zero-order chi connectivity index (χ0) is 12.1. The Morgan fingerprint density at radius 3 is 2.38 bits per heavy atom. The summed E-state index contributed by atoms with van der Waals surface area (Å²) in [7, 11) is 0. The molecule has 1 rings (SSSR count). The molecule has 0 spiro atoms. The highest BCUT2D eigenvalue weighted by molar-refractivity contribution is 5.51. The summed E-state index contributed by atoms with van der Waals surface area (Å²) >= 11 is 0. The van der Waals surface area contributed by atoms with E-state index in [0.29, 0.717) is 26.1 Å². The lowest BCUT2D eigenvalue weighted by molar-refractivity contribution is -0.284. The monoisotopic (exact) mass is 224 g/mol. The first-order chi connectivity index (χ1) is 7.54. The second kappa shape index (κ2) is 5.47. The minimum absolute atomic E-state index is 0.251. The van der Waals surface area contributed by atoms with Gasteiger partial charge in [-0.15, -0.1) is 11.8 Å². The lowest BCUT2D eigenvalue weighted by Crippen LogP contribution is -2.46. The summed E-state index contributed by atoms with van der Waals surface area (Å²) in [5, 5.41) is 0. The molecule has 3 nitrogen and oxygen atoms in total. The lowest BCUT2D eigenvalue weighted by atomic mass is 9.82. The number of rotatable bonds is 3. The number of hydrogen-bond acceptors (Lipinski definition) is 3. The van der Waals surface area contributed by atoms with Crippen LogP contribution in [0.4, 0.5) is 0 Å². The number of carbonyl (C=O) groups is 1. The largest absolute Gasteiger partial charge is 0.350 e. The second-order valence-electron chi connectivity index (χ2n) is 4.73. The quantitative estimate of drug-likeness (QED) is 0.544. The first-order valence-electron chi connectivity index (χ1n) is 5.71. The zero-order valence-electron chi connectivity index (χ0n) is 10.3. The van der Waals surface area contributed by atoms with Crippen LogP contribution in [-0.2, 0) is 14.3 Å². The van der Waals surface area contributed by atoms with Crippen LogP contribution >= 0.6 is 0 Å². The third-order valence-electron chi connectivity index (χ3n) is 2.73. The molecule has 0 N–H and O–H groups in total.